The molecule has 0 fully saturated rings. The predicted molar refractivity (Wildman–Crippen MR) is 46.2 cm³/mol. The molecule has 1 aromatic heterocycles. The van der Waals surface area contributed by atoms with Gasteiger partial charge in [-0.2, -0.15) is 9.97 Å². The van der Waals surface area contributed by atoms with Crippen molar-refractivity contribution in [1.82, 2.24) is 9.97 Å². The highest BCUT2D eigenvalue weighted by Crippen LogP contribution is 2.21. The Morgan fingerprint density at radius 2 is 1.92 bits per heavy atom. The summed E-state index contributed by atoms with van der Waals surface area (Å²) in [5.74, 6) is 0. The Balaban J connectivity index is 2.89. The van der Waals surface area contributed by atoms with Gasteiger partial charge in [0.1, 0.15) is 5.15 Å². The molecule has 12 heavy (non-hydrogen) atoms. The van der Waals surface area contributed by atoms with Crippen LogP contribution in [0.1, 0.15) is 0 Å². The number of aromatic nitrogens is 2. The maximum absolute atomic E-state index is 9.00. The second kappa shape index (κ2) is 2.60. The molecule has 0 saturated carbocycles. The number of nitrogens with zero attached hydrogens (tertiary/aromatic N) is 2. The van der Waals surface area contributed by atoms with Gasteiger partial charge in [0.25, 0.3) is 0 Å². The molecule has 4 heteroatoms. The Morgan fingerprint density at radius 3 is 2.75 bits per heavy atom. The van der Waals surface area contributed by atoms with Crippen molar-refractivity contribution >= 4 is 22.5 Å². The lowest BCUT2D eigenvalue weighted by Gasteiger charge is -1.97. The van der Waals surface area contributed by atoms with E-state index in [1.807, 2.05) is 12.1 Å². The average Bonchev–Trinajstić information content (AvgIpc) is 2.04. The molecule has 0 aliphatic carbocycles. The zero-order chi connectivity index (χ0) is 8.55. The summed E-state index contributed by atoms with van der Waals surface area (Å²) in [6.45, 7) is 0. The summed E-state index contributed by atoms with van der Waals surface area (Å²) in [5.41, 5.74) is 0.648. The van der Waals surface area contributed by atoms with Gasteiger partial charge in [-0.25, -0.2) is 0 Å². The third-order valence-corrected chi connectivity index (χ3v) is 1.83. The van der Waals surface area contributed by atoms with Crippen molar-refractivity contribution in [3.05, 3.63) is 29.4 Å². The minimum absolute atomic E-state index is 0.276. The van der Waals surface area contributed by atoms with Gasteiger partial charge in [0.2, 0.25) is 0 Å². The summed E-state index contributed by atoms with van der Waals surface area (Å²) in [6, 6.07) is 6.94. The normalized spacial score (nSPS) is 10.4. The zero-order valence-electron chi connectivity index (χ0n) is 6.03. The van der Waals surface area contributed by atoms with Gasteiger partial charge >= 0.3 is 6.01 Å². The van der Waals surface area contributed by atoms with Crippen molar-refractivity contribution in [2.75, 3.05) is 0 Å². The van der Waals surface area contributed by atoms with Crippen LogP contribution in [0.3, 0.4) is 0 Å². The first-order valence-electron chi connectivity index (χ1n) is 3.38. The average molecular weight is 181 g/mol. The summed E-state index contributed by atoms with van der Waals surface area (Å²) < 4.78 is 0. The van der Waals surface area contributed by atoms with Crippen LogP contribution in [-0.2, 0) is 0 Å². The fraction of sp³-hybridized carbons (Fsp3) is 0. The molecule has 1 aromatic carbocycles. The first-order valence-corrected chi connectivity index (χ1v) is 3.76. The van der Waals surface area contributed by atoms with Gasteiger partial charge in [-0.3, -0.25) is 0 Å². The number of para-hydroxylation sites is 1. The highest BCUT2D eigenvalue weighted by molar-refractivity contribution is 6.34. The standard InChI is InChI=1S/C8H5ClN2O/c9-7-5-3-1-2-4-6(5)10-8(12)11-7/h1-4H,(H,10,11,12). The largest absolute Gasteiger partial charge is 0.479 e. The van der Waals surface area contributed by atoms with E-state index in [1.165, 1.54) is 0 Å². The van der Waals surface area contributed by atoms with Crippen LogP contribution in [0.15, 0.2) is 24.3 Å². The van der Waals surface area contributed by atoms with Crippen molar-refractivity contribution in [2.24, 2.45) is 0 Å². The predicted octanol–water partition coefficient (Wildman–Crippen LogP) is 1.99. The minimum Gasteiger partial charge on any atom is -0.479 e. The minimum atomic E-state index is -0.293. The topological polar surface area (TPSA) is 46.0 Å². The Hall–Kier alpha value is -1.35. The van der Waals surface area contributed by atoms with Crippen LogP contribution in [0.4, 0.5) is 0 Å². The quantitative estimate of drug-likeness (QED) is 0.631. The fourth-order valence-electron chi connectivity index (χ4n) is 1.03. The van der Waals surface area contributed by atoms with E-state index in [1.54, 1.807) is 12.1 Å². The number of rotatable bonds is 0. The first-order chi connectivity index (χ1) is 5.77. The summed E-state index contributed by atoms with van der Waals surface area (Å²) in [6.07, 6.45) is 0. The molecular weight excluding hydrogens is 176 g/mol. The zero-order valence-corrected chi connectivity index (χ0v) is 6.78. The van der Waals surface area contributed by atoms with Crippen molar-refractivity contribution in [2.45, 2.75) is 0 Å². The van der Waals surface area contributed by atoms with Crippen molar-refractivity contribution in [1.29, 1.82) is 0 Å². The number of hydrogen-bond acceptors (Lipinski definition) is 3. The van der Waals surface area contributed by atoms with Crippen molar-refractivity contribution < 1.29 is 5.11 Å². The second-order valence-corrected chi connectivity index (χ2v) is 2.69. The van der Waals surface area contributed by atoms with Gasteiger partial charge in [-0.05, 0) is 12.1 Å². The van der Waals surface area contributed by atoms with E-state index >= 15 is 0 Å². The van der Waals surface area contributed by atoms with E-state index in [4.69, 9.17) is 16.7 Å². The maximum atomic E-state index is 9.00. The Bertz CT molecular complexity index is 430. The van der Waals surface area contributed by atoms with Gasteiger partial charge in [0.05, 0.1) is 5.52 Å². The summed E-state index contributed by atoms with van der Waals surface area (Å²) in [5, 5.41) is 10.0. The lowest BCUT2D eigenvalue weighted by molar-refractivity contribution is 0.433. The van der Waals surface area contributed by atoms with E-state index in [9.17, 15) is 0 Å². The van der Waals surface area contributed by atoms with Crippen LogP contribution in [0.25, 0.3) is 10.9 Å². The third-order valence-electron chi connectivity index (χ3n) is 1.54. The van der Waals surface area contributed by atoms with Gasteiger partial charge in [-0.15, -0.1) is 0 Å². The molecule has 0 unspecified atom stereocenters. The van der Waals surface area contributed by atoms with Crippen LogP contribution in [0.5, 0.6) is 6.01 Å². The molecule has 3 nitrogen and oxygen atoms in total. The van der Waals surface area contributed by atoms with Crippen LogP contribution in [-0.4, -0.2) is 15.1 Å². The molecule has 2 rings (SSSR count). The lowest BCUT2D eigenvalue weighted by Crippen LogP contribution is -1.84. The van der Waals surface area contributed by atoms with Gasteiger partial charge < -0.3 is 5.11 Å². The van der Waals surface area contributed by atoms with Crippen LogP contribution < -0.4 is 0 Å². The summed E-state index contributed by atoms with van der Waals surface area (Å²) in [4.78, 5) is 7.41. The molecule has 0 amide bonds. The lowest BCUT2D eigenvalue weighted by atomic mass is 10.2. The number of benzene rings is 1. The Labute approximate surface area is 73.6 Å². The second-order valence-electron chi connectivity index (χ2n) is 2.33. The molecule has 2 aromatic rings. The molecule has 0 aliphatic heterocycles. The molecule has 1 heterocycles. The van der Waals surface area contributed by atoms with E-state index in [0.29, 0.717) is 5.52 Å². The molecule has 0 bridgehead atoms. The Kier molecular flexibility index (Phi) is 1.59. The van der Waals surface area contributed by atoms with E-state index in [-0.39, 0.29) is 11.2 Å². The molecular formula is C8H5ClN2O. The molecule has 0 aliphatic rings. The Morgan fingerprint density at radius 1 is 1.17 bits per heavy atom. The van der Waals surface area contributed by atoms with Gasteiger partial charge in [-0.1, -0.05) is 23.7 Å². The SMILES string of the molecule is Oc1nc(Cl)c2ccccc2n1. The van der Waals surface area contributed by atoms with E-state index in [0.717, 1.165) is 5.39 Å². The smallest absolute Gasteiger partial charge is 0.315 e. The maximum Gasteiger partial charge on any atom is 0.315 e. The van der Waals surface area contributed by atoms with Gasteiger partial charge in [0, 0.05) is 5.39 Å². The molecule has 1 N–H and O–H groups in total. The van der Waals surface area contributed by atoms with E-state index in [2.05, 4.69) is 9.97 Å². The first kappa shape index (κ1) is 7.31. The molecule has 60 valence electrons. The molecule has 0 atom stereocenters. The van der Waals surface area contributed by atoms with Gasteiger partial charge in [0.15, 0.2) is 0 Å². The monoisotopic (exact) mass is 180 g/mol. The molecule has 0 radical (unpaired) electrons. The number of fused-ring (bicyclic) bond motifs is 1. The number of halogens is 1. The summed E-state index contributed by atoms with van der Waals surface area (Å²) >= 11 is 5.75. The highest BCUT2D eigenvalue weighted by atomic mass is 35.5. The molecule has 0 saturated heterocycles. The van der Waals surface area contributed by atoms with E-state index < -0.39 is 0 Å². The van der Waals surface area contributed by atoms with Crippen LogP contribution in [0.2, 0.25) is 5.15 Å². The fourth-order valence-corrected chi connectivity index (χ4v) is 1.26. The highest BCUT2D eigenvalue weighted by Gasteiger charge is 2.02. The number of aromatic hydroxyl groups is 1. The van der Waals surface area contributed by atoms with Crippen LogP contribution >= 0.6 is 11.6 Å². The number of hydrogen-bond donors (Lipinski definition) is 1. The van der Waals surface area contributed by atoms with Crippen LogP contribution in [0, 0.1) is 0 Å². The summed E-state index contributed by atoms with van der Waals surface area (Å²) in [7, 11) is 0. The van der Waals surface area contributed by atoms with Crippen molar-refractivity contribution in [3.8, 4) is 6.01 Å². The molecule has 0 spiro atoms. The third kappa shape index (κ3) is 1.08. The van der Waals surface area contributed by atoms with Crippen molar-refractivity contribution in [3.63, 3.8) is 0 Å².